The predicted octanol–water partition coefficient (Wildman–Crippen LogP) is 15.3. The number of aliphatic hydroxyl groups excluding tert-OH is 1. The molecule has 77 heavy (non-hydrogen) atoms. The van der Waals surface area contributed by atoms with Gasteiger partial charge in [-0.3, -0.25) is 37.3 Å². The van der Waals surface area contributed by atoms with Crippen molar-refractivity contribution in [2.24, 2.45) is 11.8 Å². The summed E-state index contributed by atoms with van der Waals surface area (Å²) in [6.45, 7) is 9.28. The molecule has 0 radical (unpaired) electrons. The number of hydrogen-bond donors (Lipinski definition) is 3. The molecule has 0 rings (SSSR count). The Morgan fingerprint density at radius 2 is 0.597 bits per heavy atom. The normalized spacial score (nSPS) is 14.5. The second-order valence-electron chi connectivity index (χ2n) is 22.0. The first-order valence-electron chi connectivity index (χ1n) is 30.5. The molecule has 0 fully saturated rings. The van der Waals surface area contributed by atoms with E-state index in [1.54, 1.807) is 0 Å². The van der Waals surface area contributed by atoms with E-state index in [9.17, 15) is 43.2 Å². The highest BCUT2D eigenvalue weighted by molar-refractivity contribution is 7.47. The largest absolute Gasteiger partial charge is 0.472 e. The lowest BCUT2D eigenvalue weighted by molar-refractivity contribution is -0.161. The summed E-state index contributed by atoms with van der Waals surface area (Å²) in [5, 5.41) is 10.5. The fourth-order valence-corrected chi connectivity index (χ4v) is 10.0. The summed E-state index contributed by atoms with van der Waals surface area (Å²) in [7, 11) is -9.86. The molecule has 3 N–H and O–H groups in total. The molecule has 0 aromatic rings. The van der Waals surface area contributed by atoms with Crippen LogP contribution < -0.4 is 0 Å². The van der Waals surface area contributed by atoms with Crippen LogP contribution in [-0.4, -0.2) is 96.7 Å². The number of esters is 4. The van der Waals surface area contributed by atoms with Gasteiger partial charge in [0, 0.05) is 25.7 Å². The standard InChI is InChI=1S/C58H112O17P2/c1-7-9-11-13-20-28-34-40-55(60)68-46-53(74-57(62)42-36-30-21-14-12-10-8-2)48-72-76(64,65)70-44-52(59)45-71-77(66,67)73-49-54(47-69-56(61)41-35-29-25-24-27-33-39-51(5)6)75-58(63)43-37-31-23-19-17-15-16-18-22-26-32-38-50(3)4/h50-54,59H,7-49H2,1-6H3,(H,64,65)(H,66,67)/t52-,53+,54+/m0/s1. The van der Waals surface area contributed by atoms with Gasteiger partial charge < -0.3 is 33.8 Å². The number of ether oxygens (including phenoxy) is 4. The van der Waals surface area contributed by atoms with Crippen LogP contribution in [0.1, 0.15) is 279 Å². The quantitative estimate of drug-likeness (QED) is 0.0222. The van der Waals surface area contributed by atoms with Gasteiger partial charge in [0.15, 0.2) is 12.2 Å². The van der Waals surface area contributed by atoms with E-state index < -0.39 is 97.5 Å². The van der Waals surface area contributed by atoms with Crippen molar-refractivity contribution in [3.8, 4) is 0 Å². The SMILES string of the molecule is CCCCCCCCCC(=O)OC[C@H](COP(=O)(O)OC[C@H](O)COP(=O)(O)OC[C@@H](COC(=O)CCCCCCCCC(C)C)OC(=O)CCCCCCCCCCCCCC(C)C)OC(=O)CCCCCCCCC. The third kappa shape index (κ3) is 53.2. The van der Waals surface area contributed by atoms with Gasteiger partial charge in [-0.1, -0.05) is 228 Å². The summed E-state index contributed by atoms with van der Waals surface area (Å²) < 4.78 is 67.5. The Kier molecular flexibility index (Phi) is 49.7. The van der Waals surface area contributed by atoms with Gasteiger partial charge in [-0.25, -0.2) is 9.13 Å². The van der Waals surface area contributed by atoms with Crippen molar-refractivity contribution in [2.75, 3.05) is 39.6 Å². The van der Waals surface area contributed by atoms with Gasteiger partial charge in [0.1, 0.15) is 19.3 Å². The lowest BCUT2D eigenvalue weighted by Gasteiger charge is -2.21. The molecule has 0 aliphatic carbocycles. The van der Waals surface area contributed by atoms with E-state index in [1.807, 2.05) is 0 Å². The molecule has 2 unspecified atom stereocenters. The topological polar surface area (TPSA) is 237 Å². The van der Waals surface area contributed by atoms with Crippen LogP contribution in [-0.2, 0) is 65.4 Å². The number of carbonyl (C=O) groups is 4. The van der Waals surface area contributed by atoms with Crippen molar-refractivity contribution in [2.45, 2.75) is 297 Å². The Balaban J connectivity index is 5.18. The van der Waals surface area contributed by atoms with Gasteiger partial charge in [-0.05, 0) is 37.5 Å². The lowest BCUT2D eigenvalue weighted by atomic mass is 10.0. The Labute approximate surface area is 467 Å². The highest BCUT2D eigenvalue weighted by Gasteiger charge is 2.30. The molecule has 0 heterocycles. The number of unbranched alkanes of at least 4 members (excludes halogenated alkanes) is 27. The maximum Gasteiger partial charge on any atom is 0.472 e. The van der Waals surface area contributed by atoms with E-state index >= 15 is 0 Å². The fourth-order valence-electron chi connectivity index (χ4n) is 8.47. The molecule has 19 heteroatoms. The zero-order valence-electron chi connectivity index (χ0n) is 49.2. The summed E-state index contributed by atoms with van der Waals surface area (Å²) in [4.78, 5) is 71.6. The van der Waals surface area contributed by atoms with E-state index in [4.69, 9.17) is 37.0 Å². The second-order valence-corrected chi connectivity index (χ2v) is 24.9. The highest BCUT2D eigenvalue weighted by atomic mass is 31.2. The fraction of sp³-hybridized carbons (Fsp3) is 0.931. The molecule has 0 spiro atoms. The Hall–Kier alpha value is -1.94. The maximum absolute atomic E-state index is 12.9. The molecular formula is C58H112O17P2. The molecule has 5 atom stereocenters. The molecule has 0 bridgehead atoms. The van der Waals surface area contributed by atoms with Crippen LogP contribution in [0.2, 0.25) is 0 Å². The van der Waals surface area contributed by atoms with Gasteiger partial charge in [0.25, 0.3) is 0 Å². The first-order valence-corrected chi connectivity index (χ1v) is 33.5. The maximum atomic E-state index is 12.9. The van der Waals surface area contributed by atoms with Crippen LogP contribution in [0.4, 0.5) is 0 Å². The van der Waals surface area contributed by atoms with Gasteiger partial charge in [0.05, 0.1) is 26.4 Å². The van der Waals surface area contributed by atoms with E-state index in [-0.39, 0.29) is 25.7 Å². The van der Waals surface area contributed by atoms with Crippen LogP contribution in [0.25, 0.3) is 0 Å². The van der Waals surface area contributed by atoms with Crippen molar-refractivity contribution in [3.63, 3.8) is 0 Å². The van der Waals surface area contributed by atoms with Crippen molar-refractivity contribution >= 4 is 39.5 Å². The van der Waals surface area contributed by atoms with E-state index in [0.717, 1.165) is 128 Å². The van der Waals surface area contributed by atoms with Gasteiger partial charge in [-0.15, -0.1) is 0 Å². The van der Waals surface area contributed by atoms with Crippen molar-refractivity contribution in [3.05, 3.63) is 0 Å². The molecule has 0 saturated carbocycles. The first-order chi connectivity index (χ1) is 36.9. The molecule has 17 nitrogen and oxygen atoms in total. The van der Waals surface area contributed by atoms with Gasteiger partial charge in [0.2, 0.25) is 0 Å². The average Bonchev–Trinajstić information content (AvgIpc) is 3.38. The molecule has 0 aliphatic heterocycles. The molecule has 0 aliphatic rings. The van der Waals surface area contributed by atoms with Crippen molar-refractivity contribution in [1.82, 2.24) is 0 Å². The first kappa shape index (κ1) is 75.1. The summed E-state index contributed by atoms with van der Waals surface area (Å²) in [5.74, 6) is -0.708. The monoisotopic (exact) mass is 1140 g/mol. The minimum atomic E-state index is -4.94. The minimum Gasteiger partial charge on any atom is -0.462 e. The van der Waals surface area contributed by atoms with Gasteiger partial charge >= 0.3 is 39.5 Å². The van der Waals surface area contributed by atoms with E-state index in [0.29, 0.717) is 31.6 Å². The minimum absolute atomic E-state index is 0.103. The van der Waals surface area contributed by atoms with Gasteiger partial charge in [-0.2, -0.15) is 0 Å². The van der Waals surface area contributed by atoms with Crippen LogP contribution in [0, 0.1) is 11.8 Å². The van der Waals surface area contributed by atoms with Crippen molar-refractivity contribution < 1.29 is 80.2 Å². The van der Waals surface area contributed by atoms with Crippen molar-refractivity contribution in [1.29, 1.82) is 0 Å². The molecular weight excluding hydrogens is 1030 g/mol. The highest BCUT2D eigenvalue weighted by Crippen LogP contribution is 2.45. The lowest BCUT2D eigenvalue weighted by Crippen LogP contribution is -2.30. The Morgan fingerprint density at radius 3 is 0.883 bits per heavy atom. The average molecular weight is 1140 g/mol. The number of rotatable bonds is 57. The predicted molar refractivity (Wildman–Crippen MR) is 303 cm³/mol. The van der Waals surface area contributed by atoms with Crippen LogP contribution in [0.5, 0.6) is 0 Å². The smallest absolute Gasteiger partial charge is 0.462 e. The molecule has 0 aromatic heterocycles. The third-order valence-corrected chi connectivity index (χ3v) is 15.1. The zero-order valence-corrected chi connectivity index (χ0v) is 51.0. The number of carbonyl (C=O) groups excluding carboxylic acids is 4. The molecule has 0 saturated heterocycles. The molecule has 0 amide bonds. The number of aliphatic hydroxyl groups is 1. The number of phosphoric ester groups is 2. The number of hydrogen-bond acceptors (Lipinski definition) is 15. The summed E-state index contributed by atoms with van der Waals surface area (Å²) in [6.07, 6.45) is 31.1. The Bertz CT molecular complexity index is 1530. The molecule has 456 valence electrons. The Morgan fingerprint density at radius 1 is 0.351 bits per heavy atom. The van der Waals surface area contributed by atoms with E-state index in [1.165, 1.54) is 64.2 Å². The van der Waals surface area contributed by atoms with Crippen LogP contribution in [0.15, 0.2) is 0 Å². The second kappa shape index (κ2) is 51.0. The summed E-state index contributed by atoms with van der Waals surface area (Å²) >= 11 is 0. The number of phosphoric acid groups is 2. The molecule has 0 aromatic carbocycles. The van der Waals surface area contributed by atoms with Crippen LogP contribution in [0.3, 0.4) is 0 Å². The van der Waals surface area contributed by atoms with E-state index in [2.05, 4.69) is 41.5 Å². The zero-order chi connectivity index (χ0) is 57.3. The van der Waals surface area contributed by atoms with Crippen LogP contribution >= 0.6 is 15.6 Å². The third-order valence-electron chi connectivity index (χ3n) is 13.2. The summed E-state index contributed by atoms with van der Waals surface area (Å²) in [6, 6.07) is 0. The summed E-state index contributed by atoms with van der Waals surface area (Å²) in [5.41, 5.74) is 0.